The lowest BCUT2D eigenvalue weighted by Crippen LogP contribution is -2.48. The molecule has 202 valence electrons. The number of aromatic nitrogens is 2. The van der Waals surface area contributed by atoms with Crippen molar-refractivity contribution >= 4 is 38.6 Å². The number of para-hydroxylation sites is 1. The number of anilines is 2. The second kappa shape index (κ2) is 11.7. The maximum Gasteiger partial charge on any atom is 0.240 e. The quantitative estimate of drug-likeness (QED) is 0.454. The van der Waals surface area contributed by atoms with Crippen molar-refractivity contribution in [2.45, 2.75) is 37.5 Å². The molecule has 0 bridgehead atoms. The van der Waals surface area contributed by atoms with Crippen LogP contribution in [-0.2, 0) is 14.8 Å². The molecule has 38 heavy (non-hydrogen) atoms. The average molecular weight is 537 g/mol. The van der Waals surface area contributed by atoms with Gasteiger partial charge in [0.05, 0.1) is 10.4 Å². The van der Waals surface area contributed by atoms with Crippen molar-refractivity contribution < 1.29 is 13.2 Å². The Balaban J connectivity index is 1.16. The third-order valence-corrected chi connectivity index (χ3v) is 9.18. The molecule has 10 heteroatoms. The topological polar surface area (TPSA) is 108 Å². The highest BCUT2D eigenvalue weighted by Crippen LogP contribution is 2.30. The van der Waals surface area contributed by atoms with E-state index >= 15 is 0 Å². The number of nitrogens with zero attached hydrogens (tertiary/aromatic N) is 4. The number of amides is 1. The van der Waals surface area contributed by atoms with Crippen molar-refractivity contribution in [2.24, 2.45) is 11.8 Å². The fraction of sp³-hybridized carbons (Fsp3) is 0.464. The Morgan fingerprint density at radius 2 is 1.50 bits per heavy atom. The Morgan fingerprint density at radius 1 is 0.868 bits per heavy atom. The molecule has 0 atom stereocenters. The predicted octanol–water partition coefficient (Wildman–Crippen LogP) is 3.50. The molecular formula is C28H36N6O3S. The van der Waals surface area contributed by atoms with E-state index in [4.69, 9.17) is 9.97 Å². The number of carbonyl (C=O) groups excluding carboxylic acids is 1. The molecule has 1 aliphatic heterocycles. The Kier molecular flexibility index (Phi) is 8.09. The molecule has 1 saturated carbocycles. The van der Waals surface area contributed by atoms with Crippen LogP contribution in [0.5, 0.6) is 0 Å². The lowest BCUT2D eigenvalue weighted by Gasteiger charge is -2.35. The van der Waals surface area contributed by atoms with E-state index in [0.29, 0.717) is 42.3 Å². The number of hydrogen-bond acceptors (Lipinski definition) is 7. The van der Waals surface area contributed by atoms with Crippen molar-refractivity contribution in [2.75, 3.05) is 49.5 Å². The monoisotopic (exact) mass is 536 g/mol. The van der Waals surface area contributed by atoms with Gasteiger partial charge in [0.1, 0.15) is 5.82 Å². The van der Waals surface area contributed by atoms with Crippen molar-refractivity contribution in [3.8, 4) is 0 Å². The van der Waals surface area contributed by atoms with Gasteiger partial charge in [-0.15, -0.1) is 0 Å². The van der Waals surface area contributed by atoms with Crippen molar-refractivity contribution in [3.05, 3.63) is 54.6 Å². The fourth-order valence-electron chi connectivity index (χ4n) is 5.40. The maximum absolute atomic E-state index is 12.5. The summed E-state index contributed by atoms with van der Waals surface area (Å²) in [7, 11) is -3.46. The minimum atomic E-state index is -3.46. The summed E-state index contributed by atoms with van der Waals surface area (Å²) < 4.78 is 27.8. The smallest absolute Gasteiger partial charge is 0.240 e. The van der Waals surface area contributed by atoms with Gasteiger partial charge in [-0.1, -0.05) is 30.3 Å². The van der Waals surface area contributed by atoms with Gasteiger partial charge in [-0.05, 0) is 61.8 Å². The number of benzene rings is 2. The summed E-state index contributed by atoms with van der Waals surface area (Å²) in [5.74, 6) is 2.50. The Morgan fingerprint density at radius 3 is 2.18 bits per heavy atom. The largest absolute Gasteiger partial charge is 0.354 e. The predicted molar refractivity (Wildman–Crippen MR) is 150 cm³/mol. The van der Waals surface area contributed by atoms with E-state index in [0.717, 1.165) is 62.0 Å². The van der Waals surface area contributed by atoms with E-state index in [1.165, 1.54) is 0 Å². The van der Waals surface area contributed by atoms with Gasteiger partial charge in [-0.3, -0.25) is 4.79 Å². The van der Waals surface area contributed by atoms with Gasteiger partial charge in [0.2, 0.25) is 21.9 Å². The third kappa shape index (κ3) is 6.24. The molecule has 2 heterocycles. The van der Waals surface area contributed by atoms with Crippen molar-refractivity contribution in [1.29, 1.82) is 0 Å². The van der Waals surface area contributed by atoms with Crippen LogP contribution in [0.15, 0.2) is 59.5 Å². The summed E-state index contributed by atoms with van der Waals surface area (Å²) in [5, 5.41) is 4.50. The molecule has 0 spiro atoms. The van der Waals surface area contributed by atoms with Crippen LogP contribution in [0.3, 0.4) is 0 Å². The van der Waals surface area contributed by atoms with Crippen LogP contribution in [-0.4, -0.2) is 68.5 Å². The van der Waals surface area contributed by atoms with Crippen LogP contribution in [0.1, 0.15) is 32.6 Å². The number of nitrogens with one attached hydrogen (secondary N) is 2. The SMILES string of the molecule is CC(=O)N1CCN(c2nc(NC[C@H]3CC[C@H](CNS(=O)(=O)c4ccccc4)CC3)nc3ccccc23)CC1. The lowest BCUT2D eigenvalue weighted by atomic mass is 9.82. The first kappa shape index (κ1) is 26.4. The van der Waals surface area contributed by atoms with Gasteiger partial charge in [-0.2, -0.15) is 4.98 Å². The van der Waals surface area contributed by atoms with Crippen molar-refractivity contribution in [3.63, 3.8) is 0 Å². The highest BCUT2D eigenvalue weighted by atomic mass is 32.2. The molecule has 1 amide bonds. The molecule has 2 N–H and O–H groups in total. The zero-order chi connectivity index (χ0) is 26.5. The number of rotatable bonds is 8. The maximum atomic E-state index is 12.5. The summed E-state index contributed by atoms with van der Waals surface area (Å²) >= 11 is 0. The first-order chi connectivity index (χ1) is 18.4. The number of carbonyl (C=O) groups is 1. The zero-order valence-electron chi connectivity index (χ0n) is 21.8. The van der Waals surface area contributed by atoms with Gasteiger partial charge in [0, 0.05) is 51.6 Å². The summed E-state index contributed by atoms with van der Waals surface area (Å²) in [6, 6.07) is 16.6. The molecule has 2 fully saturated rings. The second-order valence-electron chi connectivity index (χ2n) is 10.3. The summed E-state index contributed by atoms with van der Waals surface area (Å²) in [5.41, 5.74) is 0.906. The molecule has 2 aromatic carbocycles. The van der Waals surface area contributed by atoms with E-state index in [9.17, 15) is 13.2 Å². The molecule has 0 radical (unpaired) electrons. The fourth-order valence-corrected chi connectivity index (χ4v) is 6.54. The normalized spacial score (nSPS) is 20.4. The Bertz CT molecular complexity index is 1350. The molecule has 3 aromatic rings. The minimum Gasteiger partial charge on any atom is -0.354 e. The summed E-state index contributed by atoms with van der Waals surface area (Å²) in [4.78, 5) is 25.9. The minimum absolute atomic E-state index is 0.114. The standard InChI is InChI=1S/C28H36N6O3S/c1-21(35)33-15-17-34(18-16-33)27-25-9-5-6-10-26(25)31-28(32-27)29-19-22-11-13-23(14-12-22)20-30-38(36,37)24-7-3-2-4-8-24/h2-10,22-23,30H,11-20H2,1H3,(H,29,31,32)/t22-,23-. The van der Waals surface area contributed by atoms with Gasteiger partial charge in [-0.25, -0.2) is 18.1 Å². The van der Waals surface area contributed by atoms with Gasteiger partial charge in [0.25, 0.3) is 0 Å². The highest BCUT2D eigenvalue weighted by molar-refractivity contribution is 7.89. The molecule has 1 aliphatic carbocycles. The molecule has 9 nitrogen and oxygen atoms in total. The third-order valence-electron chi connectivity index (χ3n) is 7.74. The second-order valence-corrected chi connectivity index (χ2v) is 12.1. The first-order valence-electron chi connectivity index (χ1n) is 13.4. The summed E-state index contributed by atoms with van der Waals surface area (Å²) in [6.45, 7) is 5.77. The van der Waals surface area contributed by atoms with E-state index in [1.54, 1.807) is 31.2 Å². The average Bonchev–Trinajstić information content (AvgIpc) is 2.95. The molecule has 5 rings (SSSR count). The van der Waals surface area contributed by atoms with Crippen LogP contribution < -0.4 is 14.9 Å². The molecule has 2 aliphatic rings. The first-order valence-corrected chi connectivity index (χ1v) is 14.9. The molecular weight excluding hydrogens is 500 g/mol. The van der Waals surface area contributed by atoms with Crippen LogP contribution in [0.2, 0.25) is 0 Å². The van der Waals surface area contributed by atoms with Crippen molar-refractivity contribution in [1.82, 2.24) is 19.6 Å². The van der Waals surface area contributed by atoms with Gasteiger partial charge >= 0.3 is 0 Å². The molecule has 0 unspecified atom stereocenters. The zero-order valence-corrected chi connectivity index (χ0v) is 22.7. The molecule has 1 aromatic heterocycles. The van der Waals surface area contributed by atoms with E-state index < -0.39 is 10.0 Å². The number of fused-ring (bicyclic) bond motifs is 1. The summed E-state index contributed by atoms with van der Waals surface area (Å²) in [6.07, 6.45) is 4.07. The number of hydrogen-bond donors (Lipinski definition) is 2. The van der Waals surface area contributed by atoms with Crippen LogP contribution >= 0.6 is 0 Å². The van der Waals surface area contributed by atoms with E-state index in [1.807, 2.05) is 29.2 Å². The van der Waals surface area contributed by atoms with Crippen LogP contribution in [0, 0.1) is 11.8 Å². The highest BCUT2D eigenvalue weighted by Gasteiger charge is 2.25. The van der Waals surface area contributed by atoms with Gasteiger partial charge in [0.15, 0.2) is 0 Å². The van der Waals surface area contributed by atoms with Crippen LogP contribution in [0.25, 0.3) is 10.9 Å². The molecule has 1 saturated heterocycles. The van der Waals surface area contributed by atoms with Gasteiger partial charge < -0.3 is 15.1 Å². The number of sulfonamides is 1. The Labute approximate surface area is 224 Å². The Hall–Kier alpha value is -3.24. The van der Waals surface area contributed by atoms with E-state index in [-0.39, 0.29) is 5.91 Å². The van der Waals surface area contributed by atoms with Crippen LogP contribution in [0.4, 0.5) is 11.8 Å². The van der Waals surface area contributed by atoms with E-state index in [2.05, 4.69) is 21.0 Å². The lowest BCUT2D eigenvalue weighted by molar-refractivity contribution is -0.129. The number of piperazine rings is 1.